The number of benzene rings is 2. The highest BCUT2D eigenvalue weighted by Gasteiger charge is 2.80. The summed E-state index contributed by atoms with van der Waals surface area (Å²) in [4.78, 5) is 49.1. The number of aromatic nitrogens is 3. The molecule has 248 valence electrons. The average molecular weight is 641 g/mol. The lowest BCUT2D eigenvalue weighted by Gasteiger charge is -2.39. The van der Waals surface area contributed by atoms with E-state index in [1.54, 1.807) is 31.5 Å². The highest BCUT2D eigenvalue weighted by atomic mass is 16.5. The van der Waals surface area contributed by atoms with Crippen LogP contribution in [0.2, 0.25) is 0 Å². The second-order valence-corrected chi connectivity index (χ2v) is 13.2. The third kappa shape index (κ3) is 5.45. The van der Waals surface area contributed by atoms with Crippen LogP contribution in [-0.4, -0.2) is 96.0 Å². The molecule has 1 aromatic heterocycles. The third-order valence-corrected chi connectivity index (χ3v) is 10.4. The van der Waals surface area contributed by atoms with Crippen molar-refractivity contribution in [1.82, 2.24) is 29.7 Å². The summed E-state index contributed by atoms with van der Waals surface area (Å²) in [7, 11) is 0. The van der Waals surface area contributed by atoms with Gasteiger partial charge in [-0.15, -0.1) is 18.3 Å². The first-order valence-electron chi connectivity index (χ1n) is 16.4. The van der Waals surface area contributed by atoms with E-state index in [0.29, 0.717) is 37.9 Å². The van der Waals surface area contributed by atoms with Crippen LogP contribution in [0.5, 0.6) is 0 Å². The maximum atomic E-state index is 14.9. The summed E-state index contributed by atoms with van der Waals surface area (Å²) in [5.41, 5.74) is 0.307. The smallest absolute Gasteiger partial charge is 0.250 e. The minimum Gasteiger partial charge on any atom is -0.396 e. The van der Waals surface area contributed by atoms with Crippen LogP contribution in [0.4, 0.5) is 0 Å². The quantitative estimate of drug-likeness (QED) is 0.212. The number of fused-ring (bicyclic) bond motifs is 2. The highest BCUT2D eigenvalue weighted by Crippen LogP contribution is 2.65. The molecule has 3 amide bonds. The number of hydrogen-bond acceptors (Lipinski definition) is 7. The lowest BCUT2D eigenvalue weighted by molar-refractivity contribution is -0.155. The summed E-state index contributed by atoms with van der Waals surface area (Å²) in [5.74, 6) is -2.43. The molecule has 1 spiro atoms. The number of carbonyl (C=O) groups is 3. The van der Waals surface area contributed by atoms with Gasteiger partial charge in [0.15, 0.2) is 0 Å². The van der Waals surface area contributed by atoms with Crippen molar-refractivity contribution < 1.29 is 24.2 Å². The average Bonchev–Trinajstić information content (AvgIpc) is 3.74. The Balaban J connectivity index is 1.39. The molecule has 3 saturated heterocycles. The van der Waals surface area contributed by atoms with E-state index in [4.69, 9.17) is 4.74 Å². The minimum atomic E-state index is -1.20. The monoisotopic (exact) mass is 640 g/mol. The number of aliphatic hydroxyl groups is 1. The van der Waals surface area contributed by atoms with E-state index in [1.807, 2.05) is 68.4 Å². The second-order valence-electron chi connectivity index (χ2n) is 13.2. The Morgan fingerprint density at radius 2 is 1.74 bits per heavy atom. The van der Waals surface area contributed by atoms with Gasteiger partial charge in [-0.25, -0.2) is 4.68 Å². The zero-order valence-electron chi connectivity index (χ0n) is 27.2. The number of nitrogens with zero attached hydrogens (tertiary/aromatic N) is 6. The fourth-order valence-electron chi connectivity index (χ4n) is 8.15. The summed E-state index contributed by atoms with van der Waals surface area (Å²) >= 11 is 0. The molecule has 6 rings (SSSR count). The number of unbranched alkanes of at least 4 members (excludes halogenated alkanes) is 1. The third-order valence-electron chi connectivity index (χ3n) is 10.4. The highest BCUT2D eigenvalue weighted by molar-refractivity contribution is 5.99. The van der Waals surface area contributed by atoms with Crippen molar-refractivity contribution in [3.63, 3.8) is 0 Å². The number of likely N-dealkylation sites (tertiary alicyclic amines) is 1. The van der Waals surface area contributed by atoms with Gasteiger partial charge in [0.1, 0.15) is 23.8 Å². The van der Waals surface area contributed by atoms with E-state index in [9.17, 15) is 19.5 Å². The maximum absolute atomic E-state index is 14.9. The molecule has 3 aliphatic heterocycles. The van der Waals surface area contributed by atoms with Gasteiger partial charge in [0, 0.05) is 32.8 Å². The van der Waals surface area contributed by atoms with Crippen molar-refractivity contribution in [3.05, 3.63) is 85.5 Å². The van der Waals surface area contributed by atoms with Crippen LogP contribution in [0.3, 0.4) is 0 Å². The van der Waals surface area contributed by atoms with E-state index in [1.165, 1.54) is 0 Å². The summed E-state index contributed by atoms with van der Waals surface area (Å²) in [5, 5.41) is 18.1. The fourth-order valence-corrected chi connectivity index (χ4v) is 8.15. The molecular formula is C36H44N6O5. The van der Waals surface area contributed by atoms with Crippen molar-refractivity contribution in [1.29, 1.82) is 0 Å². The Morgan fingerprint density at radius 1 is 1.04 bits per heavy atom. The van der Waals surface area contributed by atoms with Gasteiger partial charge in [-0.1, -0.05) is 66.8 Å². The molecule has 11 heteroatoms. The molecule has 0 saturated carbocycles. The molecule has 3 aromatic rings. The van der Waals surface area contributed by atoms with E-state index in [0.717, 1.165) is 11.1 Å². The van der Waals surface area contributed by atoms with Gasteiger partial charge in [0.05, 0.1) is 23.0 Å². The van der Waals surface area contributed by atoms with Gasteiger partial charge >= 0.3 is 0 Å². The minimum absolute atomic E-state index is 0.0279. The molecule has 6 atom stereocenters. The number of rotatable bonds is 14. The van der Waals surface area contributed by atoms with E-state index < -0.39 is 29.1 Å². The predicted octanol–water partition coefficient (Wildman–Crippen LogP) is 3.40. The number of ether oxygens (including phenoxy) is 1. The van der Waals surface area contributed by atoms with Crippen LogP contribution < -0.4 is 0 Å². The van der Waals surface area contributed by atoms with Crippen molar-refractivity contribution in [2.45, 2.75) is 63.6 Å². The lowest BCUT2D eigenvalue weighted by Crippen LogP contribution is -2.57. The standard InChI is InChI=1S/C36H44N6O5/c1-5-18-39(23-26-14-8-7-9-15-26)32(44)29-30-33(45)41(20-12-13-21-43)31(36(30)22-25(3)35(29,4)47-36)34(46)40(19-6-2)24-42-28-17-11-10-16-27(28)37-38-42/h5-11,14-17,25,29-31,43H,1-2,12-13,18-24H2,3-4H3/t25?,29-,30-,31?,35+,36?/m0/s1. The fraction of sp³-hybridized carbons (Fsp3) is 0.472. The second kappa shape index (κ2) is 13.0. The maximum Gasteiger partial charge on any atom is 0.250 e. The zero-order valence-corrected chi connectivity index (χ0v) is 27.2. The van der Waals surface area contributed by atoms with Crippen LogP contribution in [-0.2, 0) is 32.3 Å². The number of carbonyl (C=O) groups excluding carboxylic acids is 3. The van der Waals surface area contributed by atoms with Crippen LogP contribution >= 0.6 is 0 Å². The summed E-state index contributed by atoms with van der Waals surface area (Å²) in [6, 6.07) is 16.3. The van der Waals surface area contributed by atoms with Crippen molar-refractivity contribution >= 4 is 28.8 Å². The Hall–Kier alpha value is -4.35. The van der Waals surface area contributed by atoms with Gasteiger partial charge in [0.2, 0.25) is 17.7 Å². The SMILES string of the molecule is C=CCN(Cn1nnc2ccccc21)C(=O)C1N(CCCCO)C(=O)[C@@H]2[C@@H](C(=O)N(CC=C)Cc3ccccc3)[C@]3(C)OC12CC3C. The molecular weight excluding hydrogens is 596 g/mol. The molecule has 4 heterocycles. The predicted molar refractivity (Wildman–Crippen MR) is 176 cm³/mol. The molecule has 0 aliphatic carbocycles. The van der Waals surface area contributed by atoms with Gasteiger partial charge in [-0.3, -0.25) is 14.4 Å². The Morgan fingerprint density at radius 3 is 2.47 bits per heavy atom. The summed E-state index contributed by atoms with van der Waals surface area (Å²) in [6.45, 7) is 13.0. The number of aliphatic hydroxyl groups excluding tert-OH is 1. The molecule has 1 N–H and O–H groups in total. The Labute approximate surface area is 275 Å². The van der Waals surface area contributed by atoms with E-state index in [-0.39, 0.29) is 50.0 Å². The first kappa shape index (κ1) is 32.6. The van der Waals surface area contributed by atoms with E-state index >= 15 is 0 Å². The van der Waals surface area contributed by atoms with Gasteiger partial charge in [-0.2, -0.15) is 0 Å². The van der Waals surface area contributed by atoms with Crippen LogP contribution in [0, 0.1) is 17.8 Å². The van der Waals surface area contributed by atoms with Crippen LogP contribution in [0.25, 0.3) is 11.0 Å². The topological polar surface area (TPSA) is 121 Å². The number of amides is 3. The zero-order chi connectivity index (χ0) is 33.3. The lowest BCUT2D eigenvalue weighted by atomic mass is 9.62. The van der Waals surface area contributed by atoms with Gasteiger partial charge in [0.25, 0.3) is 0 Å². The first-order chi connectivity index (χ1) is 22.7. The van der Waals surface area contributed by atoms with Crippen LogP contribution in [0.1, 0.15) is 38.7 Å². The van der Waals surface area contributed by atoms with Crippen molar-refractivity contribution in [2.24, 2.45) is 17.8 Å². The summed E-state index contributed by atoms with van der Waals surface area (Å²) < 4.78 is 8.64. The first-order valence-corrected chi connectivity index (χ1v) is 16.4. The number of hydrogen-bond donors (Lipinski definition) is 1. The molecule has 2 bridgehead atoms. The molecule has 2 aromatic carbocycles. The Kier molecular flexibility index (Phi) is 9.04. The molecule has 3 aliphatic rings. The molecule has 3 unspecified atom stereocenters. The molecule has 3 fully saturated rings. The molecule has 0 radical (unpaired) electrons. The van der Waals surface area contributed by atoms with Gasteiger partial charge < -0.3 is 24.5 Å². The van der Waals surface area contributed by atoms with Crippen molar-refractivity contribution in [3.8, 4) is 0 Å². The van der Waals surface area contributed by atoms with Crippen molar-refractivity contribution in [2.75, 3.05) is 26.2 Å². The van der Waals surface area contributed by atoms with E-state index in [2.05, 4.69) is 23.5 Å². The number of para-hydroxylation sites is 1. The van der Waals surface area contributed by atoms with Crippen LogP contribution in [0.15, 0.2) is 79.9 Å². The largest absolute Gasteiger partial charge is 0.396 e. The molecule has 47 heavy (non-hydrogen) atoms. The Bertz CT molecular complexity index is 1660. The summed E-state index contributed by atoms with van der Waals surface area (Å²) in [6.07, 6.45) is 4.79. The molecule has 11 nitrogen and oxygen atoms in total. The normalized spacial score (nSPS) is 27.6. The van der Waals surface area contributed by atoms with Gasteiger partial charge in [-0.05, 0) is 49.8 Å².